The molecule has 5 nitrogen and oxygen atoms in total. The number of primary sulfonamides is 1. The number of nitrogen functional groups attached to an aromatic ring is 1. The second kappa shape index (κ2) is 3.83. The van der Waals surface area contributed by atoms with Crippen LogP contribution in [-0.4, -0.2) is 14.8 Å². The first-order chi connectivity index (χ1) is 7.09. The Morgan fingerprint density at radius 1 is 1.25 bits per heavy atom. The highest BCUT2D eigenvalue weighted by atomic mass is 32.2. The number of anilines is 1. The molecule has 0 aliphatic heterocycles. The van der Waals surface area contributed by atoms with Crippen molar-refractivity contribution in [2.45, 2.75) is 11.3 Å². The zero-order chi connectivity index (χ0) is 12.6. The van der Waals surface area contributed by atoms with E-state index in [1.165, 1.54) is 0 Å². The van der Waals surface area contributed by atoms with Gasteiger partial charge in [0, 0.05) is 11.8 Å². The smallest absolute Gasteiger partial charge is 0.404 e. The van der Waals surface area contributed by atoms with Crippen LogP contribution in [0.3, 0.4) is 0 Å². The van der Waals surface area contributed by atoms with Crippen LogP contribution in [0.5, 0.6) is 5.75 Å². The van der Waals surface area contributed by atoms with Crippen molar-refractivity contribution in [3.05, 3.63) is 18.2 Å². The van der Waals surface area contributed by atoms with E-state index in [1.54, 1.807) is 0 Å². The van der Waals surface area contributed by atoms with Gasteiger partial charge < -0.3 is 10.5 Å². The van der Waals surface area contributed by atoms with Gasteiger partial charge in [-0.25, -0.2) is 13.6 Å². The maximum Gasteiger partial charge on any atom is 0.573 e. The molecule has 9 heteroatoms. The Hall–Kier alpha value is -1.48. The molecule has 0 fully saturated rings. The van der Waals surface area contributed by atoms with Gasteiger partial charge in [0.05, 0.1) is 0 Å². The van der Waals surface area contributed by atoms with Gasteiger partial charge in [-0.2, -0.15) is 0 Å². The molecule has 0 radical (unpaired) electrons. The predicted octanol–water partition coefficient (Wildman–Crippen LogP) is 0.815. The molecule has 1 aromatic rings. The molecule has 0 heterocycles. The van der Waals surface area contributed by atoms with Gasteiger partial charge >= 0.3 is 6.36 Å². The van der Waals surface area contributed by atoms with Crippen LogP contribution in [0, 0.1) is 0 Å². The third kappa shape index (κ3) is 3.28. The molecule has 1 aromatic carbocycles. The van der Waals surface area contributed by atoms with E-state index in [2.05, 4.69) is 4.74 Å². The molecule has 0 saturated heterocycles. The minimum absolute atomic E-state index is 0.0772. The minimum atomic E-state index is -5.02. The summed E-state index contributed by atoms with van der Waals surface area (Å²) in [6.07, 6.45) is -5.02. The minimum Gasteiger partial charge on any atom is -0.404 e. The fourth-order valence-electron chi connectivity index (χ4n) is 0.964. The molecule has 0 aliphatic rings. The van der Waals surface area contributed by atoms with Crippen LogP contribution < -0.4 is 15.6 Å². The van der Waals surface area contributed by atoms with Crippen molar-refractivity contribution in [2.75, 3.05) is 5.73 Å². The van der Waals surface area contributed by atoms with Crippen LogP contribution in [0.2, 0.25) is 0 Å². The van der Waals surface area contributed by atoms with E-state index >= 15 is 0 Å². The SMILES string of the molecule is Nc1ccc(S(N)(=O)=O)c(OC(F)(F)F)c1. The summed E-state index contributed by atoms with van der Waals surface area (Å²) in [7, 11) is -4.30. The molecule has 0 spiro atoms. The van der Waals surface area contributed by atoms with E-state index in [-0.39, 0.29) is 5.69 Å². The number of ether oxygens (including phenoxy) is 1. The molecule has 0 unspecified atom stereocenters. The summed E-state index contributed by atoms with van der Waals surface area (Å²) in [5, 5.41) is 4.71. The molecule has 4 N–H and O–H groups in total. The summed E-state index contributed by atoms with van der Waals surface area (Å²) in [5.74, 6) is -0.949. The highest BCUT2D eigenvalue weighted by molar-refractivity contribution is 7.89. The molecule has 16 heavy (non-hydrogen) atoms. The molecule has 0 aliphatic carbocycles. The fraction of sp³-hybridized carbons (Fsp3) is 0.143. The second-order valence-electron chi connectivity index (χ2n) is 2.80. The molecule has 0 bridgehead atoms. The van der Waals surface area contributed by atoms with Crippen molar-refractivity contribution in [3.63, 3.8) is 0 Å². The summed E-state index contributed by atoms with van der Waals surface area (Å²) >= 11 is 0. The van der Waals surface area contributed by atoms with Crippen LogP contribution in [0.15, 0.2) is 23.1 Å². The molecule has 0 amide bonds. The number of nitrogens with two attached hydrogens (primary N) is 2. The van der Waals surface area contributed by atoms with E-state index < -0.39 is 27.0 Å². The summed E-state index contributed by atoms with van der Waals surface area (Å²) < 4.78 is 61.2. The monoisotopic (exact) mass is 256 g/mol. The Morgan fingerprint density at radius 2 is 1.81 bits per heavy atom. The van der Waals surface area contributed by atoms with Gasteiger partial charge in [-0.1, -0.05) is 0 Å². The van der Waals surface area contributed by atoms with Crippen LogP contribution in [0.4, 0.5) is 18.9 Å². The zero-order valence-electron chi connectivity index (χ0n) is 7.65. The first-order valence-electron chi connectivity index (χ1n) is 3.78. The molecular formula is C7H7F3N2O3S. The number of halogens is 3. The Morgan fingerprint density at radius 3 is 2.25 bits per heavy atom. The Balaban J connectivity index is 3.30. The maximum absolute atomic E-state index is 11.9. The van der Waals surface area contributed by atoms with E-state index in [1.807, 2.05) is 0 Å². The summed E-state index contributed by atoms with van der Waals surface area (Å²) in [5.41, 5.74) is 5.13. The molecule has 0 saturated carbocycles. The van der Waals surface area contributed by atoms with Gasteiger partial charge in [0.15, 0.2) is 5.75 Å². The first kappa shape index (κ1) is 12.6. The average Bonchev–Trinajstić information content (AvgIpc) is 1.97. The highest BCUT2D eigenvalue weighted by Gasteiger charge is 2.33. The van der Waals surface area contributed by atoms with E-state index in [9.17, 15) is 21.6 Å². The molecular weight excluding hydrogens is 249 g/mol. The quantitative estimate of drug-likeness (QED) is 0.765. The molecule has 0 atom stereocenters. The van der Waals surface area contributed by atoms with Gasteiger partial charge in [0.1, 0.15) is 4.90 Å². The summed E-state index contributed by atoms with van der Waals surface area (Å²) in [4.78, 5) is -0.779. The zero-order valence-corrected chi connectivity index (χ0v) is 8.47. The lowest BCUT2D eigenvalue weighted by Gasteiger charge is -2.12. The summed E-state index contributed by atoms with van der Waals surface area (Å²) in [6, 6.07) is 2.67. The lowest BCUT2D eigenvalue weighted by atomic mass is 10.3. The highest BCUT2D eigenvalue weighted by Crippen LogP contribution is 2.30. The maximum atomic E-state index is 11.9. The van der Waals surface area contributed by atoms with Gasteiger partial charge in [-0.3, -0.25) is 0 Å². The first-order valence-corrected chi connectivity index (χ1v) is 5.32. The normalized spacial score (nSPS) is 12.5. The van der Waals surface area contributed by atoms with E-state index in [0.29, 0.717) is 0 Å². The van der Waals surface area contributed by atoms with Crippen molar-refractivity contribution in [1.82, 2.24) is 0 Å². The lowest BCUT2D eigenvalue weighted by molar-refractivity contribution is -0.275. The summed E-state index contributed by atoms with van der Waals surface area (Å²) in [6.45, 7) is 0. The third-order valence-corrected chi connectivity index (χ3v) is 2.45. The molecule has 0 aromatic heterocycles. The third-order valence-electron chi connectivity index (χ3n) is 1.50. The van der Waals surface area contributed by atoms with E-state index in [0.717, 1.165) is 18.2 Å². The van der Waals surface area contributed by atoms with Crippen LogP contribution in [0.25, 0.3) is 0 Å². The fourth-order valence-corrected chi connectivity index (χ4v) is 1.60. The Labute approximate surface area is 88.8 Å². The largest absolute Gasteiger partial charge is 0.573 e. The van der Waals surface area contributed by atoms with Crippen molar-refractivity contribution >= 4 is 15.7 Å². The number of alkyl halides is 3. The van der Waals surface area contributed by atoms with Gasteiger partial charge in [0.25, 0.3) is 0 Å². The Bertz CT molecular complexity index is 498. The van der Waals surface area contributed by atoms with Crippen molar-refractivity contribution in [3.8, 4) is 5.75 Å². The topological polar surface area (TPSA) is 95.4 Å². The lowest BCUT2D eigenvalue weighted by Crippen LogP contribution is -2.21. The van der Waals surface area contributed by atoms with Gasteiger partial charge in [-0.05, 0) is 12.1 Å². The number of sulfonamides is 1. The number of rotatable bonds is 2. The standard InChI is InChI=1S/C7H7F3N2O3S/c8-7(9,10)15-5-3-4(11)1-2-6(5)16(12,13)14/h1-3H,11H2,(H2,12,13,14). The van der Waals surface area contributed by atoms with Crippen LogP contribution >= 0.6 is 0 Å². The number of benzene rings is 1. The van der Waals surface area contributed by atoms with E-state index in [4.69, 9.17) is 10.9 Å². The van der Waals surface area contributed by atoms with Crippen molar-refractivity contribution < 1.29 is 26.3 Å². The van der Waals surface area contributed by atoms with Crippen LogP contribution in [0.1, 0.15) is 0 Å². The Kier molecular flexibility index (Phi) is 3.01. The van der Waals surface area contributed by atoms with Gasteiger partial charge in [-0.15, -0.1) is 13.2 Å². The van der Waals surface area contributed by atoms with Crippen LogP contribution in [-0.2, 0) is 10.0 Å². The number of hydrogen-bond donors (Lipinski definition) is 2. The second-order valence-corrected chi connectivity index (χ2v) is 4.33. The average molecular weight is 256 g/mol. The number of hydrogen-bond acceptors (Lipinski definition) is 4. The predicted molar refractivity (Wildman–Crippen MR) is 48.9 cm³/mol. The van der Waals surface area contributed by atoms with Crippen molar-refractivity contribution in [1.29, 1.82) is 0 Å². The van der Waals surface area contributed by atoms with Gasteiger partial charge in [0.2, 0.25) is 10.0 Å². The molecule has 90 valence electrons. The molecule has 1 rings (SSSR count). The van der Waals surface area contributed by atoms with Crippen molar-refractivity contribution in [2.24, 2.45) is 5.14 Å².